The van der Waals surface area contributed by atoms with Crippen LogP contribution in [0.4, 0.5) is 5.69 Å². The number of anilines is 1. The van der Waals surface area contributed by atoms with Gasteiger partial charge in [-0.05, 0) is 49.4 Å². The zero-order chi connectivity index (χ0) is 17.7. The van der Waals surface area contributed by atoms with Crippen molar-refractivity contribution in [3.05, 3.63) is 28.2 Å². The summed E-state index contributed by atoms with van der Waals surface area (Å²) in [7, 11) is 0. The Labute approximate surface area is 153 Å². The van der Waals surface area contributed by atoms with Gasteiger partial charge in [-0.2, -0.15) is 0 Å². The fourth-order valence-corrected chi connectivity index (χ4v) is 4.99. The van der Waals surface area contributed by atoms with Crippen molar-refractivity contribution < 1.29 is 23.9 Å². The number of nitrogens with one attached hydrogen (secondary N) is 1. The van der Waals surface area contributed by atoms with Gasteiger partial charge in [0.1, 0.15) is 6.10 Å². The van der Waals surface area contributed by atoms with E-state index in [1.807, 2.05) is 19.1 Å². The molecule has 0 spiro atoms. The molecule has 4 rings (SSSR count). The molecule has 6 nitrogen and oxygen atoms in total. The molecule has 2 bridgehead atoms. The summed E-state index contributed by atoms with van der Waals surface area (Å²) in [5, 5.41) is 2.73. The van der Waals surface area contributed by atoms with Gasteiger partial charge in [-0.1, -0.05) is 15.9 Å². The molecule has 1 heterocycles. The van der Waals surface area contributed by atoms with Gasteiger partial charge < -0.3 is 14.8 Å². The Bertz CT molecular complexity index is 762. The van der Waals surface area contributed by atoms with Crippen LogP contribution in [0.1, 0.15) is 18.4 Å². The van der Waals surface area contributed by atoms with Crippen LogP contribution in [0.15, 0.2) is 22.7 Å². The van der Waals surface area contributed by atoms with Gasteiger partial charge in [0.05, 0.1) is 11.8 Å². The zero-order valence-electron chi connectivity index (χ0n) is 13.7. The van der Waals surface area contributed by atoms with Crippen molar-refractivity contribution in [1.29, 1.82) is 0 Å². The summed E-state index contributed by atoms with van der Waals surface area (Å²) in [6.07, 6.45) is 1.55. The van der Waals surface area contributed by atoms with Crippen LogP contribution in [0.2, 0.25) is 0 Å². The highest BCUT2D eigenvalue weighted by molar-refractivity contribution is 9.10. The molecule has 2 saturated carbocycles. The molecule has 2 aliphatic carbocycles. The summed E-state index contributed by atoms with van der Waals surface area (Å²) in [5.74, 6) is -1.70. The van der Waals surface area contributed by atoms with Crippen molar-refractivity contribution in [2.24, 2.45) is 23.7 Å². The third kappa shape index (κ3) is 2.84. The molecule has 132 valence electrons. The lowest BCUT2D eigenvalue weighted by molar-refractivity contribution is -0.157. The van der Waals surface area contributed by atoms with Crippen LogP contribution in [-0.4, -0.2) is 30.6 Å². The van der Waals surface area contributed by atoms with Crippen molar-refractivity contribution in [2.45, 2.75) is 25.9 Å². The Morgan fingerprint density at radius 2 is 2.16 bits per heavy atom. The second-order valence-electron chi connectivity index (χ2n) is 7.04. The second kappa shape index (κ2) is 6.12. The summed E-state index contributed by atoms with van der Waals surface area (Å²) >= 11 is 3.37. The van der Waals surface area contributed by atoms with E-state index in [2.05, 4.69) is 21.2 Å². The minimum atomic E-state index is -0.461. The highest BCUT2D eigenvalue weighted by Crippen LogP contribution is 2.57. The number of carbonyl (C=O) groups excluding carboxylic acids is 3. The minimum absolute atomic E-state index is 0.0183. The number of rotatable bonds is 4. The highest BCUT2D eigenvalue weighted by Gasteiger charge is 2.64. The van der Waals surface area contributed by atoms with Gasteiger partial charge in [0, 0.05) is 16.1 Å². The van der Waals surface area contributed by atoms with Crippen LogP contribution in [0.3, 0.4) is 0 Å². The standard InChI is InChI=1S/C18H18BrNO5/c1-8-4-10(19)2-3-12(8)20-14(21)7-24-17(22)15-9-5-11-13(6-9)25-18(23)16(11)15/h2-4,9,11,13,15-16H,5-7H2,1H3,(H,20,21)/t9-,11+,13-,15-,16+/m1/s1. The molecular formula is C18H18BrNO5. The van der Waals surface area contributed by atoms with E-state index in [0.29, 0.717) is 5.69 Å². The molecule has 1 saturated heterocycles. The number of fused-ring (bicyclic) bond motifs is 1. The quantitative estimate of drug-likeness (QED) is 0.775. The van der Waals surface area contributed by atoms with Gasteiger partial charge >= 0.3 is 11.9 Å². The van der Waals surface area contributed by atoms with E-state index in [9.17, 15) is 14.4 Å². The molecule has 3 fully saturated rings. The third-order valence-electron chi connectivity index (χ3n) is 5.56. The summed E-state index contributed by atoms with van der Waals surface area (Å²) in [6, 6.07) is 5.49. The van der Waals surface area contributed by atoms with Crippen LogP contribution in [0.5, 0.6) is 0 Å². The molecule has 0 aromatic heterocycles. The molecule has 7 heteroatoms. The van der Waals surface area contributed by atoms with Crippen LogP contribution in [-0.2, 0) is 23.9 Å². The van der Waals surface area contributed by atoms with Crippen LogP contribution in [0, 0.1) is 30.6 Å². The van der Waals surface area contributed by atoms with Crippen molar-refractivity contribution in [1.82, 2.24) is 0 Å². The maximum absolute atomic E-state index is 12.4. The number of halogens is 1. The van der Waals surface area contributed by atoms with Crippen LogP contribution < -0.4 is 5.32 Å². The fraction of sp³-hybridized carbons (Fsp3) is 0.500. The average molecular weight is 408 g/mol. The number of aryl methyl sites for hydroxylation is 1. The predicted octanol–water partition coefficient (Wildman–Crippen LogP) is 2.44. The largest absolute Gasteiger partial charge is 0.462 e. The molecule has 1 aliphatic heterocycles. The maximum atomic E-state index is 12.4. The lowest BCUT2D eigenvalue weighted by atomic mass is 9.80. The van der Waals surface area contributed by atoms with Gasteiger partial charge in [0.25, 0.3) is 5.91 Å². The van der Waals surface area contributed by atoms with Crippen molar-refractivity contribution in [2.75, 3.05) is 11.9 Å². The topological polar surface area (TPSA) is 81.7 Å². The number of carbonyl (C=O) groups is 3. The van der Waals surface area contributed by atoms with Crippen LogP contribution in [0.25, 0.3) is 0 Å². The van der Waals surface area contributed by atoms with E-state index in [0.717, 1.165) is 22.9 Å². The summed E-state index contributed by atoms with van der Waals surface area (Å²) in [5.41, 5.74) is 1.58. The number of ether oxygens (including phenoxy) is 2. The molecular weight excluding hydrogens is 390 g/mol. The van der Waals surface area contributed by atoms with Crippen molar-refractivity contribution >= 4 is 39.5 Å². The molecule has 0 unspecified atom stereocenters. The number of benzene rings is 1. The normalized spacial score (nSPS) is 31.8. The average Bonchev–Trinajstić information content (AvgIpc) is 3.17. The lowest BCUT2D eigenvalue weighted by Crippen LogP contribution is -2.35. The molecule has 25 heavy (non-hydrogen) atoms. The molecule has 3 aliphatic rings. The fourth-order valence-electron chi connectivity index (χ4n) is 4.51. The maximum Gasteiger partial charge on any atom is 0.310 e. The Balaban J connectivity index is 1.34. The highest BCUT2D eigenvalue weighted by atomic mass is 79.9. The summed E-state index contributed by atoms with van der Waals surface area (Å²) < 4.78 is 11.4. The number of esters is 2. The van der Waals surface area contributed by atoms with Gasteiger partial charge in [0.2, 0.25) is 0 Å². The first-order valence-corrected chi connectivity index (χ1v) is 9.16. The molecule has 1 amide bonds. The minimum Gasteiger partial charge on any atom is -0.462 e. The summed E-state index contributed by atoms with van der Waals surface area (Å²) in [4.78, 5) is 36.4. The van der Waals surface area contributed by atoms with Gasteiger partial charge in [-0.3, -0.25) is 14.4 Å². The first-order valence-electron chi connectivity index (χ1n) is 8.37. The monoisotopic (exact) mass is 407 g/mol. The van der Waals surface area contributed by atoms with Crippen LogP contribution >= 0.6 is 15.9 Å². The molecule has 1 aromatic rings. The molecule has 1 N–H and O–H groups in total. The predicted molar refractivity (Wildman–Crippen MR) is 91.5 cm³/mol. The lowest BCUT2D eigenvalue weighted by Gasteiger charge is -2.22. The van der Waals surface area contributed by atoms with E-state index in [-0.39, 0.29) is 36.4 Å². The Kier molecular flexibility index (Phi) is 4.06. The number of amides is 1. The van der Waals surface area contributed by atoms with Gasteiger partial charge in [-0.15, -0.1) is 0 Å². The second-order valence-corrected chi connectivity index (χ2v) is 7.95. The third-order valence-corrected chi connectivity index (χ3v) is 6.06. The number of hydrogen-bond acceptors (Lipinski definition) is 5. The number of hydrogen-bond donors (Lipinski definition) is 1. The van der Waals surface area contributed by atoms with E-state index < -0.39 is 17.8 Å². The molecule has 5 atom stereocenters. The van der Waals surface area contributed by atoms with Crippen molar-refractivity contribution in [3.63, 3.8) is 0 Å². The molecule has 1 aromatic carbocycles. The Morgan fingerprint density at radius 3 is 2.92 bits per heavy atom. The van der Waals surface area contributed by atoms with E-state index in [1.54, 1.807) is 6.07 Å². The molecule has 0 radical (unpaired) electrons. The Morgan fingerprint density at radius 1 is 1.36 bits per heavy atom. The van der Waals surface area contributed by atoms with Gasteiger partial charge in [-0.25, -0.2) is 0 Å². The SMILES string of the molecule is Cc1cc(Br)ccc1NC(=O)COC(=O)[C@@H]1[C@@H]2C[C@@H]3[C@@H]1C(=O)O[C@@H]3C2. The first-order chi connectivity index (χ1) is 11.9. The van der Waals surface area contributed by atoms with Crippen molar-refractivity contribution in [3.8, 4) is 0 Å². The van der Waals surface area contributed by atoms with Gasteiger partial charge in [0.15, 0.2) is 6.61 Å². The first kappa shape index (κ1) is 16.6. The Hall–Kier alpha value is -1.89. The van der Waals surface area contributed by atoms with E-state index in [4.69, 9.17) is 9.47 Å². The van der Waals surface area contributed by atoms with E-state index >= 15 is 0 Å². The van der Waals surface area contributed by atoms with E-state index in [1.165, 1.54) is 0 Å². The summed E-state index contributed by atoms with van der Waals surface area (Å²) in [6.45, 7) is 1.52. The smallest absolute Gasteiger partial charge is 0.310 e. The zero-order valence-corrected chi connectivity index (χ0v) is 15.2.